The second-order valence-electron chi connectivity index (χ2n) is 5.04. The highest BCUT2D eigenvalue weighted by Crippen LogP contribution is 2.42. The van der Waals surface area contributed by atoms with Crippen LogP contribution in [0, 0.1) is 6.92 Å². The van der Waals surface area contributed by atoms with Crippen LogP contribution in [-0.4, -0.2) is 0 Å². The maximum Gasteiger partial charge on any atom is 0.156 e. The summed E-state index contributed by atoms with van der Waals surface area (Å²) < 4.78 is 0. The molecule has 1 rings (SSSR count). The first-order valence-corrected chi connectivity index (χ1v) is 6.30. The van der Waals surface area contributed by atoms with Crippen LogP contribution < -0.4 is 0 Å². The van der Waals surface area contributed by atoms with Crippen LogP contribution in [0.3, 0.4) is 0 Å². The Morgan fingerprint density at radius 2 is 1.77 bits per heavy atom. The Bertz CT molecular complexity index is 287. The maximum atomic E-state index is 2.44. The van der Waals surface area contributed by atoms with Crippen molar-refractivity contribution >= 4 is 10.5 Å². The van der Waals surface area contributed by atoms with Gasteiger partial charge in [-0.2, -0.15) is 0 Å². The van der Waals surface area contributed by atoms with Crippen molar-refractivity contribution in [2.24, 2.45) is 0 Å². The number of rotatable bonds is 1. The molecule has 13 heavy (non-hydrogen) atoms. The molecule has 1 aromatic rings. The highest BCUT2D eigenvalue weighted by molar-refractivity contribution is 7.30. The summed E-state index contributed by atoms with van der Waals surface area (Å²) in [5.41, 5.74) is 1.78. The number of aryl methyl sites for hydroxylation is 1. The Morgan fingerprint density at radius 1 is 1.23 bits per heavy atom. The molecule has 0 radical (unpaired) electrons. The van der Waals surface area contributed by atoms with Crippen LogP contribution >= 0.6 is 10.5 Å². The first-order chi connectivity index (χ1) is 5.82. The van der Waals surface area contributed by atoms with Crippen molar-refractivity contribution in [3.05, 3.63) is 21.9 Å². The summed E-state index contributed by atoms with van der Waals surface area (Å²) in [6.07, 6.45) is 0. The van der Waals surface area contributed by atoms with Crippen molar-refractivity contribution in [1.29, 1.82) is 0 Å². The lowest BCUT2D eigenvalue weighted by Gasteiger charge is -2.14. The van der Waals surface area contributed by atoms with Crippen LogP contribution in [0.2, 0.25) is 0 Å². The predicted molar refractivity (Wildman–Crippen MR) is 62.7 cm³/mol. The minimum Gasteiger partial charge on any atom is -0.0514 e. The number of hydrogen-bond donors (Lipinski definition) is 0. The zero-order chi connectivity index (χ0) is 10.2. The van der Waals surface area contributed by atoms with Gasteiger partial charge in [0.2, 0.25) is 0 Å². The molecule has 0 bridgehead atoms. The van der Waals surface area contributed by atoms with Gasteiger partial charge in [-0.25, -0.2) is 0 Å². The molecule has 1 heterocycles. The molecule has 0 spiro atoms. The fraction of sp³-hybridized carbons (Fsp3) is 0.667. The Kier molecular flexibility index (Phi) is 2.86. The van der Waals surface area contributed by atoms with Gasteiger partial charge in [-0.1, -0.05) is 20.8 Å². The smallest absolute Gasteiger partial charge is 0.0514 e. The van der Waals surface area contributed by atoms with Crippen molar-refractivity contribution in [3.8, 4) is 0 Å². The molecule has 1 aromatic heterocycles. The number of hydrogen-bond acceptors (Lipinski definition) is 0. The summed E-state index contributed by atoms with van der Waals surface area (Å²) in [5.74, 6) is 0. The van der Waals surface area contributed by atoms with Gasteiger partial charge in [0.25, 0.3) is 0 Å². The standard InChI is InChI=1S/C12H21S/c1-9(2)13-8-10(3)7-11(13)12(4,5)6/h7-9H,1-6H3/q+1. The third-order valence-corrected chi connectivity index (χ3v) is 5.05. The average Bonchev–Trinajstić information content (AvgIpc) is 2.29. The Morgan fingerprint density at radius 3 is 2.08 bits per heavy atom. The van der Waals surface area contributed by atoms with Crippen LogP contribution in [-0.2, 0) is 5.41 Å². The van der Waals surface area contributed by atoms with E-state index in [1.807, 2.05) is 0 Å². The molecule has 0 N–H and O–H groups in total. The monoisotopic (exact) mass is 197 g/mol. The maximum absolute atomic E-state index is 2.44. The molecule has 0 nitrogen and oxygen atoms in total. The Hall–Kier alpha value is -0.300. The minimum atomic E-state index is 0.335. The zero-order valence-electron chi connectivity index (χ0n) is 9.64. The second-order valence-corrected chi connectivity index (χ2v) is 7.40. The molecule has 74 valence electrons. The fourth-order valence-corrected chi connectivity index (χ4v) is 3.94. The average molecular weight is 197 g/mol. The van der Waals surface area contributed by atoms with E-state index < -0.39 is 0 Å². The molecule has 0 aliphatic rings. The van der Waals surface area contributed by atoms with Gasteiger partial charge in [-0.3, -0.25) is 0 Å². The quantitative estimate of drug-likeness (QED) is 0.576. The molecular weight excluding hydrogens is 176 g/mol. The fourth-order valence-electron chi connectivity index (χ4n) is 1.53. The van der Waals surface area contributed by atoms with E-state index in [0.717, 1.165) is 5.25 Å². The third-order valence-electron chi connectivity index (χ3n) is 2.17. The molecular formula is C12H21S+. The minimum absolute atomic E-state index is 0.335. The summed E-state index contributed by atoms with van der Waals surface area (Å²) >= 11 is 0. The Balaban J connectivity index is 3.20. The summed E-state index contributed by atoms with van der Waals surface area (Å²) in [7, 11) is 0.383. The van der Waals surface area contributed by atoms with Crippen LogP contribution in [0.15, 0.2) is 11.4 Å². The molecule has 0 aliphatic heterocycles. The summed E-state index contributed by atoms with van der Waals surface area (Å²) in [4.78, 5) is 1.63. The molecule has 0 aromatic carbocycles. The highest BCUT2D eigenvalue weighted by atomic mass is 32.2. The molecule has 0 saturated carbocycles. The third kappa shape index (κ3) is 2.34. The van der Waals surface area contributed by atoms with Crippen molar-refractivity contribution in [2.75, 3.05) is 0 Å². The van der Waals surface area contributed by atoms with E-state index >= 15 is 0 Å². The topological polar surface area (TPSA) is 0 Å². The van der Waals surface area contributed by atoms with Crippen molar-refractivity contribution in [3.63, 3.8) is 0 Å². The number of thiophene rings is 1. The van der Waals surface area contributed by atoms with E-state index in [9.17, 15) is 0 Å². The van der Waals surface area contributed by atoms with Gasteiger partial charge in [0.05, 0.1) is 0 Å². The molecule has 1 heteroatoms. The SMILES string of the molecule is Cc1cc(C(C)(C)C)[s+](C(C)C)c1. The van der Waals surface area contributed by atoms with Gasteiger partial charge in [0.1, 0.15) is 10.6 Å². The molecule has 0 saturated heterocycles. The lowest BCUT2D eigenvalue weighted by atomic mass is 9.94. The van der Waals surface area contributed by atoms with Gasteiger partial charge >= 0.3 is 0 Å². The van der Waals surface area contributed by atoms with E-state index in [-0.39, 0.29) is 0 Å². The predicted octanol–water partition coefficient (Wildman–Crippen LogP) is 4.62. The van der Waals surface area contributed by atoms with E-state index in [0.29, 0.717) is 15.9 Å². The molecule has 0 fully saturated rings. The Labute approximate surface area is 85.0 Å². The van der Waals surface area contributed by atoms with E-state index in [1.54, 1.807) is 4.88 Å². The normalized spacial score (nSPS) is 13.9. The zero-order valence-corrected chi connectivity index (χ0v) is 10.5. The summed E-state index contributed by atoms with van der Waals surface area (Å²) in [6.45, 7) is 13.8. The van der Waals surface area contributed by atoms with E-state index in [2.05, 4.69) is 53.0 Å². The highest BCUT2D eigenvalue weighted by Gasteiger charge is 2.28. The van der Waals surface area contributed by atoms with E-state index in [4.69, 9.17) is 0 Å². The molecule has 1 atom stereocenters. The van der Waals surface area contributed by atoms with E-state index in [1.165, 1.54) is 5.56 Å². The van der Waals surface area contributed by atoms with Gasteiger partial charge in [0.15, 0.2) is 4.88 Å². The van der Waals surface area contributed by atoms with Crippen molar-refractivity contribution < 1.29 is 0 Å². The second kappa shape index (κ2) is 3.45. The van der Waals surface area contributed by atoms with Crippen molar-refractivity contribution in [1.82, 2.24) is 0 Å². The van der Waals surface area contributed by atoms with Crippen LogP contribution in [0.4, 0.5) is 0 Å². The lowest BCUT2D eigenvalue weighted by Crippen LogP contribution is -2.09. The summed E-state index contributed by atoms with van der Waals surface area (Å²) in [6, 6.07) is 2.38. The first-order valence-electron chi connectivity index (χ1n) is 4.95. The van der Waals surface area contributed by atoms with Gasteiger partial charge in [-0.05, 0) is 31.2 Å². The van der Waals surface area contributed by atoms with Crippen LogP contribution in [0.25, 0.3) is 0 Å². The molecule has 0 amide bonds. The van der Waals surface area contributed by atoms with Gasteiger partial charge in [-0.15, -0.1) is 0 Å². The largest absolute Gasteiger partial charge is 0.156 e. The molecule has 0 aliphatic carbocycles. The lowest BCUT2D eigenvalue weighted by molar-refractivity contribution is 0.602. The van der Waals surface area contributed by atoms with Gasteiger partial charge < -0.3 is 0 Å². The van der Waals surface area contributed by atoms with Crippen molar-refractivity contribution in [2.45, 2.75) is 52.2 Å². The van der Waals surface area contributed by atoms with Crippen LogP contribution in [0.5, 0.6) is 0 Å². The van der Waals surface area contributed by atoms with Crippen LogP contribution in [0.1, 0.15) is 50.3 Å². The van der Waals surface area contributed by atoms with Gasteiger partial charge in [0, 0.05) is 17.0 Å². The molecule has 1 unspecified atom stereocenters. The summed E-state index contributed by atoms with van der Waals surface area (Å²) in [5, 5.41) is 3.19. The first kappa shape index (κ1) is 10.8.